The van der Waals surface area contributed by atoms with Gasteiger partial charge in [-0.2, -0.15) is 0 Å². The second-order valence-corrected chi connectivity index (χ2v) is 4.88. The van der Waals surface area contributed by atoms with Crippen molar-refractivity contribution in [2.45, 2.75) is 6.92 Å². The number of carbonyl (C=O) groups is 2. The van der Waals surface area contributed by atoms with E-state index in [-0.39, 0.29) is 12.5 Å². The van der Waals surface area contributed by atoms with E-state index in [0.717, 1.165) is 5.75 Å². The number of rotatable bonds is 7. The van der Waals surface area contributed by atoms with Crippen LogP contribution in [0.5, 0.6) is 5.75 Å². The number of halogens is 1. The molecule has 0 bridgehead atoms. The molecule has 0 saturated carbocycles. The third-order valence-corrected chi connectivity index (χ3v) is 2.81. The van der Waals surface area contributed by atoms with Crippen LogP contribution in [-0.2, 0) is 4.79 Å². The van der Waals surface area contributed by atoms with Crippen LogP contribution in [0.2, 0.25) is 5.02 Å². The highest BCUT2D eigenvalue weighted by molar-refractivity contribution is 6.30. The Morgan fingerprint density at radius 1 is 1.29 bits per heavy atom. The molecule has 0 atom stereocenters. The Kier molecular flexibility index (Phi) is 7.56. The zero-order valence-corrected chi connectivity index (χ0v) is 12.9. The minimum Gasteiger partial charge on any atom is -0.492 e. The predicted molar refractivity (Wildman–Crippen MR) is 81.7 cm³/mol. The van der Waals surface area contributed by atoms with Gasteiger partial charge < -0.3 is 10.1 Å². The largest absolute Gasteiger partial charge is 0.492 e. The number of benzene rings is 1. The molecule has 6 nitrogen and oxygen atoms in total. The zero-order valence-electron chi connectivity index (χ0n) is 12.2. The third kappa shape index (κ3) is 7.53. The summed E-state index contributed by atoms with van der Waals surface area (Å²) in [6.07, 6.45) is 0. The average molecular weight is 314 g/mol. The smallest absolute Gasteiger partial charge is 0.321 e. The number of likely N-dealkylation sites (N-methyl/N-ethyl adjacent to an activating group) is 1. The number of nitrogens with one attached hydrogen (secondary N) is 2. The average Bonchev–Trinajstić information content (AvgIpc) is 2.41. The molecule has 0 fully saturated rings. The zero-order chi connectivity index (χ0) is 15.7. The van der Waals surface area contributed by atoms with E-state index < -0.39 is 6.03 Å². The van der Waals surface area contributed by atoms with Crippen molar-refractivity contribution in [3.8, 4) is 5.75 Å². The van der Waals surface area contributed by atoms with E-state index in [1.807, 2.05) is 0 Å². The van der Waals surface area contributed by atoms with Crippen molar-refractivity contribution < 1.29 is 14.3 Å². The fourth-order valence-electron chi connectivity index (χ4n) is 1.55. The Labute approximate surface area is 129 Å². The molecule has 1 rings (SSSR count). The predicted octanol–water partition coefficient (Wildman–Crippen LogP) is 1.50. The molecular weight excluding hydrogens is 294 g/mol. The quantitative estimate of drug-likeness (QED) is 0.800. The van der Waals surface area contributed by atoms with Gasteiger partial charge in [0.2, 0.25) is 5.91 Å². The number of imide groups is 1. The van der Waals surface area contributed by atoms with Gasteiger partial charge in [-0.3, -0.25) is 15.0 Å². The molecule has 7 heteroatoms. The molecule has 0 spiro atoms. The van der Waals surface area contributed by atoms with Crippen LogP contribution < -0.4 is 15.4 Å². The highest BCUT2D eigenvalue weighted by Gasteiger charge is 2.09. The SMILES string of the molecule is CCNC(=O)NC(=O)CN(C)CCOc1ccc(Cl)cc1. The molecule has 21 heavy (non-hydrogen) atoms. The first kappa shape index (κ1) is 17.3. The standard InChI is InChI=1S/C14H20ClN3O3/c1-3-16-14(20)17-13(19)10-18(2)8-9-21-12-6-4-11(15)5-7-12/h4-7H,3,8-10H2,1-2H3,(H2,16,17,19,20). The van der Waals surface area contributed by atoms with E-state index in [4.69, 9.17) is 16.3 Å². The van der Waals surface area contributed by atoms with Gasteiger partial charge in [-0.1, -0.05) is 11.6 Å². The summed E-state index contributed by atoms with van der Waals surface area (Å²) in [4.78, 5) is 24.5. The molecule has 0 aliphatic carbocycles. The van der Waals surface area contributed by atoms with E-state index in [2.05, 4.69) is 10.6 Å². The second kappa shape index (κ2) is 9.20. The lowest BCUT2D eigenvalue weighted by Gasteiger charge is -2.16. The summed E-state index contributed by atoms with van der Waals surface area (Å²) in [7, 11) is 1.78. The number of ether oxygens (including phenoxy) is 1. The van der Waals surface area contributed by atoms with Crippen molar-refractivity contribution in [3.05, 3.63) is 29.3 Å². The normalized spacial score (nSPS) is 10.3. The summed E-state index contributed by atoms with van der Waals surface area (Å²) in [6, 6.07) is 6.59. The second-order valence-electron chi connectivity index (χ2n) is 4.45. The maximum Gasteiger partial charge on any atom is 0.321 e. The van der Waals surface area contributed by atoms with Crippen LogP contribution in [0.1, 0.15) is 6.92 Å². The van der Waals surface area contributed by atoms with Crippen LogP contribution in [0.15, 0.2) is 24.3 Å². The van der Waals surface area contributed by atoms with Gasteiger partial charge >= 0.3 is 6.03 Å². The molecule has 0 aliphatic heterocycles. The molecule has 0 heterocycles. The van der Waals surface area contributed by atoms with E-state index in [1.165, 1.54) is 0 Å². The summed E-state index contributed by atoms with van der Waals surface area (Å²) in [6.45, 7) is 3.38. The molecule has 0 radical (unpaired) electrons. The lowest BCUT2D eigenvalue weighted by Crippen LogP contribution is -2.44. The molecule has 0 aromatic heterocycles. The van der Waals surface area contributed by atoms with Crippen molar-refractivity contribution in [2.24, 2.45) is 0 Å². The van der Waals surface area contributed by atoms with Crippen LogP contribution >= 0.6 is 11.6 Å². The number of amides is 3. The molecule has 1 aromatic rings. The fourth-order valence-corrected chi connectivity index (χ4v) is 1.67. The van der Waals surface area contributed by atoms with Crippen LogP contribution in [0.3, 0.4) is 0 Å². The minimum atomic E-state index is -0.478. The van der Waals surface area contributed by atoms with Crippen LogP contribution in [0.25, 0.3) is 0 Å². The molecule has 3 amide bonds. The molecule has 116 valence electrons. The lowest BCUT2D eigenvalue weighted by molar-refractivity contribution is -0.120. The van der Waals surface area contributed by atoms with Crippen LogP contribution in [0, 0.1) is 0 Å². The lowest BCUT2D eigenvalue weighted by atomic mass is 10.3. The van der Waals surface area contributed by atoms with Gasteiger partial charge in [0.15, 0.2) is 0 Å². The summed E-state index contributed by atoms with van der Waals surface area (Å²) >= 11 is 5.78. The Bertz CT molecular complexity index is 465. The summed E-state index contributed by atoms with van der Waals surface area (Å²) < 4.78 is 5.52. The van der Waals surface area contributed by atoms with Crippen LogP contribution in [-0.4, -0.2) is 50.1 Å². The highest BCUT2D eigenvalue weighted by Crippen LogP contribution is 2.15. The summed E-state index contributed by atoms with van der Waals surface area (Å²) in [5.74, 6) is 0.370. The molecule has 1 aromatic carbocycles. The third-order valence-electron chi connectivity index (χ3n) is 2.56. The maximum atomic E-state index is 11.5. The van der Waals surface area contributed by atoms with Crippen molar-refractivity contribution in [3.63, 3.8) is 0 Å². The van der Waals surface area contributed by atoms with E-state index in [1.54, 1.807) is 43.1 Å². The van der Waals surface area contributed by atoms with E-state index >= 15 is 0 Å². The first-order valence-electron chi connectivity index (χ1n) is 6.66. The van der Waals surface area contributed by atoms with Gasteiger partial charge in [0.25, 0.3) is 0 Å². The number of urea groups is 1. The highest BCUT2D eigenvalue weighted by atomic mass is 35.5. The summed E-state index contributed by atoms with van der Waals surface area (Å²) in [5.41, 5.74) is 0. The minimum absolute atomic E-state index is 0.126. The number of hydrogen-bond acceptors (Lipinski definition) is 4. The van der Waals surface area contributed by atoms with Crippen molar-refractivity contribution in [1.29, 1.82) is 0 Å². The van der Waals surface area contributed by atoms with Crippen molar-refractivity contribution in [2.75, 3.05) is 33.3 Å². The Morgan fingerprint density at radius 3 is 2.57 bits per heavy atom. The van der Waals surface area contributed by atoms with Gasteiger partial charge in [0.05, 0.1) is 6.54 Å². The number of hydrogen-bond donors (Lipinski definition) is 2. The first-order chi connectivity index (χ1) is 10.0. The van der Waals surface area contributed by atoms with Gasteiger partial charge in [-0.25, -0.2) is 4.79 Å². The monoisotopic (exact) mass is 313 g/mol. The van der Waals surface area contributed by atoms with Gasteiger partial charge in [-0.15, -0.1) is 0 Å². The van der Waals surface area contributed by atoms with Crippen molar-refractivity contribution >= 4 is 23.5 Å². The molecular formula is C14H20ClN3O3. The van der Waals surface area contributed by atoms with Gasteiger partial charge in [-0.05, 0) is 38.2 Å². The fraction of sp³-hybridized carbons (Fsp3) is 0.429. The summed E-state index contributed by atoms with van der Waals surface area (Å²) in [5, 5.41) is 5.39. The number of carbonyl (C=O) groups excluding carboxylic acids is 2. The Balaban J connectivity index is 2.21. The Hall–Kier alpha value is -1.79. The maximum absolute atomic E-state index is 11.5. The van der Waals surface area contributed by atoms with Gasteiger partial charge in [0.1, 0.15) is 12.4 Å². The van der Waals surface area contributed by atoms with Crippen LogP contribution in [0.4, 0.5) is 4.79 Å². The first-order valence-corrected chi connectivity index (χ1v) is 7.03. The molecule has 0 aliphatic rings. The number of nitrogens with zero attached hydrogens (tertiary/aromatic N) is 1. The topological polar surface area (TPSA) is 70.7 Å². The van der Waals surface area contributed by atoms with E-state index in [9.17, 15) is 9.59 Å². The van der Waals surface area contributed by atoms with Crippen molar-refractivity contribution in [1.82, 2.24) is 15.5 Å². The molecule has 0 unspecified atom stereocenters. The Morgan fingerprint density at radius 2 is 1.95 bits per heavy atom. The molecule has 2 N–H and O–H groups in total. The molecule has 0 saturated heterocycles. The van der Waals surface area contributed by atoms with E-state index in [0.29, 0.717) is 24.7 Å². The van der Waals surface area contributed by atoms with Gasteiger partial charge in [0, 0.05) is 18.1 Å².